The van der Waals surface area contributed by atoms with E-state index in [-0.39, 0.29) is 101 Å². The van der Waals surface area contributed by atoms with Crippen LogP contribution >= 0.6 is 0 Å². The summed E-state index contributed by atoms with van der Waals surface area (Å²) in [6, 6.07) is -17.4. The fraction of sp³-hybridized carbons (Fsp3) is 0.783. The van der Waals surface area contributed by atoms with Gasteiger partial charge in [-0.1, -0.05) is 95.9 Å². The van der Waals surface area contributed by atoms with E-state index in [1.165, 1.54) is 27.7 Å². The summed E-state index contributed by atoms with van der Waals surface area (Å²) in [5.74, 6) is -13.0. The second kappa shape index (κ2) is 49.5. The molecule has 0 unspecified atom stereocenters. The SMILES string of the molecule is CC[C@H](C)[C@H](N)C(=O)N[C@@H](CC(N)=O)C(=O)N[C@@H](CC(C)C)C(=O)N[C@@H](CCCCN)C(=O)N[C@@H](C)C(=O)N[C@@H](CC(C)C)C(=O)N[C@@H](C)C(=O)N[C@@H](C)C(=O)N[C@@H](CC(C)C)C(=O)N[C@@H](C)C(=O)N[C@@H](CCCN)C(=O)N[C@@H](CCCCN)C(=O)N[C@H](C(=O)N[C@@H](CC(C)C)C(N)=O)[C@@H](C)CC. The molecule has 0 fully saturated rings. The van der Waals surface area contributed by atoms with Gasteiger partial charge < -0.3 is 104 Å². The molecular weight excluding hydrogens is 1330 g/mol. The van der Waals surface area contributed by atoms with Crippen LogP contribution < -0.4 is 104 Å². The Hall–Kier alpha value is -8.11. The number of nitrogens with two attached hydrogens (primary N) is 6. The van der Waals surface area contributed by atoms with Crippen molar-refractivity contribution in [2.45, 2.75) is 292 Å². The number of amides is 15. The number of unbranched alkanes of at least 4 members (excludes halogenated alkanes) is 2. The van der Waals surface area contributed by atoms with E-state index in [2.05, 4.69) is 69.1 Å². The van der Waals surface area contributed by atoms with Gasteiger partial charge in [-0.05, 0) is 160 Å². The van der Waals surface area contributed by atoms with Crippen molar-refractivity contribution in [2.24, 2.45) is 69.9 Å². The highest BCUT2D eigenvalue weighted by molar-refractivity contribution is 6.00. The number of nitrogens with one attached hydrogen (secondary N) is 13. The predicted octanol–water partition coefficient (Wildman–Crippen LogP) is -2.67. The van der Waals surface area contributed by atoms with E-state index in [1.807, 2.05) is 27.7 Å². The molecule has 0 bridgehead atoms. The van der Waals surface area contributed by atoms with Crippen LogP contribution in [0.1, 0.15) is 207 Å². The van der Waals surface area contributed by atoms with Crippen molar-refractivity contribution in [3.8, 4) is 0 Å². The number of carbonyl (C=O) groups is 15. The molecule has 0 saturated heterocycles. The fourth-order valence-electron chi connectivity index (χ4n) is 10.6. The van der Waals surface area contributed by atoms with Gasteiger partial charge in [0.15, 0.2) is 0 Å². The van der Waals surface area contributed by atoms with Crippen molar-refractivity contribution < 1.29 is 71.9 Å². The third-order valence-electron chi connectivity index (χ3n) is 17.3. The molecule has 34 nitrogen and oxygen atoms in total. The maximum absolute atomic E-state index is 14.1. The minimum atomic E-state index is -1.48. The zero-order valence-electron chi connectivity index (χ0n) is 63.9. The van der Waals surface area contributed by atoms with Gasteiger partial charge in [0.25, 0.3) is 0 Å². The van der Waals surface area contributed by atoms with Gasteiger partial charge in [0.2, 0.25) is 88.6 Å². The Morgan fingerprint density at radius 3 is 0.893 bits per heavy atom. The van der Waals surface area contributed by atoms with Gasteiger partial charge in [-0.25, -0.2) is 0 Å². The molecule has 15 amide bonds. The first-order chi connectivity index (χ1) is 48.1. The Morgan fingerprint density at radius 2 is 0.544 bits per heavy atom. The molecule has 0 rings (SSSR count). The second-order valence-electron chi connectivity index (χ2n) is 28.8. The Morgan fingerprint density at radius 1 is 0.282 bits per heavy atom. The fourth-order valence-corrected chi connectivity index (χ4v) is 10.6. The smallest absolute Gasteiger partial charge is 0.243 e. The summed E-state index contributed by atoms with van der Waals surface area (Å²) in [6.07, 6.45) is 2.96. The van der Waals surface area contributed by atoms with E-state index in [1.54, 1.807) is 55.4 Å². The standard InChI is InChI=1S/C69H129N19O15/c1-17-39(11)54(74)68(102)87-52(34-53(73)89)67(101)86-51(33-38(9)10)66(100)82-45(24-19-21-27-70)61(95)77-44(16)60(94)85-49(31-36(5)6)64(98)78-41(13)57(91)76-42(14)59(93)84-50(32-37(7)8)65(99)79-43(15)58(92)80-47(26-23-29-72)62(96)81-46(25-20-22-28-71)63(97)88-55(40(12)18-2)69(103)83-48(56(75)90)30-35(3)4/h35-52,54-55H,17-34,70-72,74H2,1-16H3,(H2,73,89)(H2,75,90)(H,76,91)(H,77,95)(H,78,98)(H,79,99)(H,80,92)(H,81,96)(H,82,100)(H,83,103)(H,84,93)(H,85,94)(H,86,101)(H,87,102)(H,88,97)/t39-,40-,41-,42-,43-,44-,45-,46-,47-,48-,49-,50-,51-,52-,54-,55-/m0/s1. The van der Waals surface area contributed by atoms with Crippen LogP contribution in [0.2, 0.25) is 0 Å². The molecule has 25 N–H and O–H groups in total. The number of carbonyl (C=O) groups excluding carboxylic acids is 15. The highest BCUT2D eigenvalue weighted by atomic mass is 16.2. The van der Waals surface area contributed by atoms with Crippen LogP contribution in [0, 0.1) is 35.5 Å². The predicted molar refractivity (Wildman–Crippen MR) is 390 cm³/mol. The summed E-state index contributed by atoms with van der Waals surface area (Å²) in [5.41, 5.74) is 34.4. The molecule has 34 heteroatoms. The molecule has 0 aliphatic heterocycles. The van der Waals surface area contributed by atoms with Crippen LogP contribution in [0.15, 0.2) is 0 Å². The highest BCUT2D eigenvalue weighted by Gasteiger charge is 2.38. The Labute approximate surface area is 608 Å². The van der Waals surface area contributed by atoms with E-state index in [0.717, 1.165) is 0 Å². The molecule has 0 aromatic heterocycles. The Kier molecular flexibility index (Phi) is 45.6. The van der Waals surface area contributed by atoms with Gasteiger partial charge in [0, 0.05) is 0 Å². The van der Waals surface area contributed by atoms with Crippen LogP contribution in [0.3, 0.4) is 0 Å². The normalized spacial score (nSPS) is 16.1. The van der Waals surface area contributed by atoms with Crippen LogP contribution in [-0.4, -0.2) is 193 Å². The molecule has 590 valence electrons. The molecule has 0 radical (unpaired) electrons. The van der Waals surface area contributed by atoms with Crippen molar-refractivity contribution in [1.29, 1.82) is 0 Å². The maximum Gasteiger partial charge on any atom is 0.243 e. The molecule has 0 saturated carbocycles. The molecule has 0 aliphatic carbocycles. The van der Waals surface area contributed by atoms with E-state index < -0.39 is 186 Å². The van der Waals surface area contributed by atoms with E-state index in [4.69, 9.17) is 34.4 Å². The molecule has 0 spiro atoms. The van der Waals surface area contributed by atoms with Crippen molar-refractivity contribution in [3.63, 3.8) is 0 Å². The van der Waals surface area contributed by atoms with Gasteiger partial charge in [0.05, 0.1) is 12.5 Å². The first-order valence-corrected chi connectivity index (χ1v) is 36.5. The zero-order chi connectivity index (χ0) is 79.1. The van der Waals surface area contributed by atoms with Gasteiger partial charge in [-0.15, -0.1) is 0 Å². The lowest BCUT2D eigenvalue weighted by atomic mass is 9.96. The second-order valence-corrected chi connectivity index (χ2v) is 28.8. The maximum atomic E-state index is 14.1. The minimum Gasteiger partial charge on any atom is -0.370 e. The molecule has 0 aromatic carbocycles. The van der Waals surface area contributed by atoms with Crippen LogP contribution in [0.5, 0.6) is 0 Å². The molecular formula is C69H129N19O15. The number of hydrogen-bond acceptors (Lipinski definition) is 19. The van der Waals surface area contributed by atoms with Crippen molar-refractivity contribution in [2.75, 3.05) is 19.6 Å². The molecule has 16 atom stereocenters. The molecule has 0 aliphatic rings. The third kappa shape index (κ3) is 37.2. The monoisotopic (exact) mass is 1460 g/mol. The molecule has 0 aromatic rings. The summed E-state index contributed by atoms with van der Waals surface area (Å²) >= 11 is 0. The lowest BCUT2D eigenvalue weighted by Crippen LogP contribution is -2.60. The lowest BCUT2D eigenvalue weighted by Gasteiger charge is -2.29. The van der Waals surface area contributed by atoms with Crippen molar-refractivity contribution in [3.05, 3.63) is 0 Å². The Balaban J connectivity index is 6.33. The summed E-state index contributed by atoms with van der Waals surface area (Å²) in [7, 11) is 0. The lowest BCUT2D eigenvalue weighted by molar-refractivity contribution is -0.136. The largest absolute Gasteiger partial charge is 0.370 e. The van der Waals surface area contributed by atoms with E-state index in [9.17, 15) is 71.9 Å². The Bertz CT molecular complexity index is 2770. The quantitative estimate of drug-likeness (QED) is 0.0276. The van der Waals surface area contributed by atoms with Gasteiger partial charge >= 0.3 is 0 Å². The number of hydrogen-bond donors (Lipinski definition) is 19. The van der Waals surface area contributed by atoms with E-state index in [0.29, 0.717) is 38.5 Å². The summed E-state index contributed by atoms with van der Waals surface area (Å²) in [5, 5.41) is 34.0. The third-order valence-corrected chi connectivity index (χ3v) is 17.3. The summed E-state index contributed by atoms with van der Waals surface area (Å²) in [6.45, 7) is 27.6. The van der Waals surface area contributed by atoms with Gasteiger partial charge in [-0.3, -0.25) is 71.9 Å². The first kappa shape index (κ1) is 94.9. The van der Waals surface area contributed by atoms with Crippen molar-refractivity contribution >= 4 is 88.6 Å². The molecule has 0 heterocycles. The molecule has 103 heavy (non-hydrogen) atoms. The first-order valence-electron chi connectivity index (χ1n) is 36.5. The zero-order valence-corrected chi connectivity index (χ0v) is 63.9. The average molecular weight is 1460 g/mol. The van der Waals surface area contributed by atoms with Crippen LogP contribution in [-0.2, 0) is 71.9 Å². The van der Waals surface area contributed by atoms with Gasteiger partial charge in [-0.2, -0.15) is 0 Å². The minimum absolute atomic E-state index is 0.00675. The average Bonchev–Trinajstić information content (AvgIpc) is 0.857. The van der Waals surface area contributed by atoms with Crippen LogP contribution in [0.25, 0.3) is 0 Å². The summed E-state index contributed by atoms with van der Waals surface area (Å²) in [4.78, 5) is 204. The van der Waals surface area contributed by atoms with Gasteiger partial charge in [0.1, 0.15) is 78.5 Å². The van der Waals surface area contributed by atoms with Crippen molar-refractivity contribution in [1.82, 2.24) is 69.1 Å². The summed E-state index contributed by atoms with van der Waals surface area (Å²) < 4.78 is 0. The number of rotatable bonds is 52. The van der Waals surface area contributed by atoms with Crippen LogP contribution in [0.4, 0.5) is 0 Å². The number of primary amides is 2. The highest BCUT2D eigenvalue weighted by Crippen LogP contribution is 2.16. The van der Waals surface area contributed by atoms with E-state index >= 15 is 0 Å². The topological polar surface area (TPSA) is 569 Å².